The normalized spacial score (nSPS) is 14.4. The first-order valence-corrected chi connectivity index (χ1v) is 6.92. The van der Waals surface area contributed by atoms with Crippen LogP contribution in [-0.4, -0.2) is 16.9 Å². The molecule has 0 saturated heterocycles. The molecule has 0 spiro atoms. The van der Waals surface area contributed by atoms with Crippen LogP contribution in [0.3, 0.4) is 0 Å². The van der Waals surface area contributed by atoms with Crippen LogP contribution in [-0.2, 0) is 10.2 Å². The van der Waals surface area contributed by atoms with Crippen LogP contribution in [0.25, 0.3) is 0 Å². The van der Waals surface area contributed by atoms with Crippen molar-refractivity contribution in [2.75, 3.05) is 5.32 Å². The maximum Gasteiger partial charge on any atom is 0.243 e. The minimum Gasteiger partial charge on any atom is -0.319 e. The third-order valence-corrected chi connectivity index (χ3v) is 3.48. The zero-order valence-electron chi connectivity index (χ0n) is 12.0. The zero-order chi connectivity index (χ0) is 14.1. The number of hydrogen-bond acceptors (Lipinski definition) is 4. The average molecular weight is 269 g/mol. The van der Waals surface area contributed by atoms with Gasteiger partial charge in [0.25, 0.3) is 0 Å². The summed E-state index contributed by atoms with van der Waals surface area (Å²) in [6.07, 6.45) is 0. The SMILES string of the molecule is CC(C)(C)c1csc(NC(=O)C(N)C(C)(C)C)n1. The molecular weight excluding hydrogens is 246 g/mol. The highest BCUT2D eigenvalue weighted by atomic mass is 32.1. The third kappa shape index (κ3) is 3.78. The first-order valence-electron chi connectivity index (χ1n) is 6.04. The number of nitrogens with one attached hydrogen (secondary N) is 1. The molecule has 1 rings (SSSR count). The fourth-order valence-electron chi connectivity index (χ4n) is 1.25. The maximum atomic E-state index is 11.9. The molecule has 4 nitrogen and oxygen atoms in total. The van der Waals surface area contributed by atoms with Gasteiger partial charge in [-0.3, -0.25) is 4.79 Å². The molecule has 0 aliphatic carbocycles. The van der Waals surface area contributed by atoms with Crippen LogP contribution in [0, 0.1) is 5.41 Å². The highest BCUT2D eigenvalue weighted by Crippen LogP contribution is 2.27. The smallest absolute Gasteiger partial charge is 0.243 e. The van der Waals surface area contributed by atoms with Gasteiger partial charge in [0.1, 0.15) is 0 Å². The summed E-state index contributed by atoms with van der Waals surface area (Å²) in [4.78, 5) is 16.4. The van der Waals surface area contributed by atoms with Gasteiger partial charge < -0.3 is 11.1 Å². The third-order valence-electron chi connectivity index (χ3n) is 2.72. The number of carbonyl (C=O) groups is 1. The molecule has 1 aromatic rings. The van der Waals surface area contributed by atoms with Crippen LogP contribution < -0.4 is 11.1 Å². The lowest BCUT2D eigenvalue weighted by molar-refractivity contribution is -0.119. The highest BCUT2D eigenvalue weighted by Gasteiger charge is 2.28. The van der Waals surface area contributed by atoms with E-state index in [1.165, 1.54) is 11.3 Å². The van der Waals surface area contributed by atoms with Crippen molar-refractivity contribution >= 4 is 22.4 Å². The molecule has 18 heavy (non-hydrogen) atoms. The molecule has 1 amide bonds. The van der Waals surface area contributed by atoms with Gasteiger partial charge >= 0.3 is 0 Å². The van der Waals surface area contributed by atoms with Gasteiger partial charge in [0.05, 0.1) is 11.7 Å². The Morgan fingerprint density at radius 3 is 2.28 bits per heavy atom. The van der Waals surface area contributed by atoms with Crippen molar-refractivity contribution in [3.05, 3.63) is 11.1 Å². The Labute approximate surface area is 113 Å². The predicted molar refractivity (Wildman–Crippen MR) is 76.9 cm³/mol. The van der Waals surface area contributed by atoms with Crippen molar-refractivity contribution < 1.29 is 4.79 Å². The number of aromatic nitrogens is 1. The molecule has 0 fully saturated rings. The Hall–Kier alpha value is -0.940. The van der Waals surface area contributed by atoms with E-state index in [9.17, 15) is 4.79 Å². The molecule has 0 radical (unpaired) electrons. The summed E-state index contributed by atoms with van der Waals surface area (Å²) >= 11 is 1.43. The van der Waals surface area contributed by atoms with Crippen molar-refractivity contribution in [3.8, 4) is 0 Å². The molecule has 0 saturated carbocycles. The molecule has 0 aliphatic rings. The van der Waals surface area contributed by atoms with Gasteiger partial charge in [-0.25, -0.2) is 4.98 Å². The first-order chi connectivity index (χ1) is 8.01. The van der Waals surface area contributed by atoms with E-state index in [0.29, 0.717) is 5.13 Å². The molecule has 0 bridgehead atoms. The number of carbonyl (C=O) groups excluding carboxylic acids is 1. The summed E-state index contributed by atoms with van der Waals surface area (Å²) in [5.41, 5.74) is 6.61. The number of amides is 1. The van der Waals surface area contributed by atoms with E-state index in [2.05, 4.69) is 31.1 Å². The van der Waals surface area contributed by atoms with Gasteiger partial charge in [0.15, 0.2) is 5.13 Å². The van der Waals surface area contributed by atoms with Crippen molar-refractivity contribution in [1.82, 2.24) is 4.98 Å². The molecule has 1 heterocycles. The fraction of sp³-hybridized carbons (Fsp3) is 0.692. The summed E-state index contributed by atoms with van der Waals surface area (Å²) in [7, 11) is 0. The standard InChI is InChI=1S/C13H23N3OS/c1-12(2,3)8-7-18-11(15-8)16-10(17)9(14)13(4,5)6/h7,9H,14H2,1-6H3,(H,15,16,17). The van der Waals surface area contributed by atoms with E-state index >= 15 is 0 Å². The summed E-state index contributed by atoms with van der Waals surface area (Å²) in [5, 5.41) is 5.37. The Morgan fingerprint density at radius 2 is 1.89 bits per heavy atom. The molecule has 0 aliphatic heterocycles. The van der Waals surface area contributed by atoms with E-state index < -0.39 is 6.04 Å². The topological polar surface area (TPSA) is 68.0 Å². The van der Waals surface area contributed by atoms with Gasteiger partial charge in [0, 0.05) is 10.8 Å². The summed E-state index contributed by atoms with van der Waals surface area (Å²) in [6.45, 7) is 12.1. The largest absolute Gasteiger partial charge is 0.319 e. The van der Waals surface area contributed by atoms with Gasteiger partial charge in [-0.05, 0) is 5.41 Å². The summed E-state index contributed by atoms with van der Waals surface area (Å²) < 4.78 is 0. The number of thiazole rings is 1. The van der Waals surface area contributed by atoms with Crippen LogP contribution in [0.2, 0.25) is 0 Å². The van der Waals surface area contributed by atoms with E-state index in [-0.39, 0.29) is 16.7 Å². The Balaban J connectivity index is 2.75. The Morgan fingerprint density at radius 1 is 1.33 bits per heavy atom. The van der Waals surface area contributed by atoms with Gasteiger partial charge in [-0.1, -0.05) is 41.5 Å². The lowest BCUT2D eigenvalue weighted by atomic mass is 9.87. The number of nitrogens with zero attached hydrogens (tertiary/aromatic N) is 1. The molecule has 3 N–H and O–H groups in total. The molecular formula is C13H23N3OS. The maximum absolute atomic E-state index is 11.9. The molecule has 1 unspecified atom stereocenters. The summed E-state index contributed by atoms with van der Waals surface area (Å²) in [6, 6.07) is -0.542. The van der Waals surface area contributed by atoms with Crippen molar-refractivity contribution in [1.29, 1.82) is 0 Å². The van der Waals surface area contributed by atoms with Crippen molar-refractivity contribution in [2.45, 2.75) is 53.0 Å². The van der Waals surface area contributed by atoms with Crippen molar-refractivity contribution in [3.63, 3.8) is 0 Å². The minimum atomic E-state index is -0.542. The first kappa shape index (κ1) is 15.1. The van der Waals surface area contributed by atoms with E-state index in [1.807, 2.05) is 26.2 Å². The van der Waals surface area contributed by atoms with Crippen molar-refractivity contribution in [2.24, 2.45) is 11.1 Å². The molecule has 5 heteroatoms. The lowest BCUT2D eigenvalue weighted by Gasteiger charge is -2.25. The number of hydrogen-bond donors (Lipinski definition) is 2. The number of nitrogens with two attached hydrogens (primary N) is 1. The lowest BCUT2D eigenvalue weighted by Crippen LogP contribution is -2.45. The van der Waals surface area contributed by atoms with Gasteiger partial charge in [-0.2, -0.15) is 0 Å². The van der Waals surface area contributed by atoms with Crippen LogP contribution >= 0.6 is 11.3 Å². The fourth-order valence-corrected chi connectivity index (χ4v) is 2.19. The predicted octanol–water partition coefficient (Wildman–Crippen LogP) is 2.75. The molecule has 1 atom stereocenters. The van der Waals surface area contributed by atoms with E-state index in [4.69, 9.17) is 5.73 Å². The van der Waals surface area contributed by atoms with Crippen LogP contribution in [0.4, 0.5) is 5.13 Å². The second-order valence-electron chi connectivity index (χ2n) is 6.62. The Bertz CT molecular complexity index is 426. The second-order valence-corrected chi connectivity index (χ2v) is 7.48. The monoisotopic (exact) mass is 269 g/mol. The molecule has 0 aromatic carbocycles. The zero-order valence-corrected chi connectivity index (χ0v) is 12.8. The van der Waals surface area contributed by atoms with E-state index in [0.717, 1.165) is 5.69 Å². The van der Waals surface area contributed by atoms with Crippen LogP contribution in [0.1, 0.15) is 47.2 Å². The Kier molecular flexibility index (Phi) is 4.18. The van der Waals surface area contributed by atoms with Gasteiger partial charge in [0.2, 0.25) is 5.91 Å². The minimum absolute atomic E-state index is 0.00831. The quantitative estimate of drug-likeness (QED) is 0.867. The highest BCUT2D eigenvalue weighted by molar-refractivity contribution is 7.13. The van der Waals surface area contributed by atoms with Crippen LogP contribution in [0.5, 0.6) is 0 Å². The summed E-state index contributed by atoms with van der Waals surface area (Å²) in [5.74, 6) is -0.183. The van der Waals surface area contributed by atoms with Crippen LogP contribution in [0.15, 0.2) is 5.38 Å². The second kappa shape index (κ2) is 4.97. The van der Waals surface area contributed by atoms with E-state index in [1.54, 1.807) is 0 Å². The number of anilines is 1. The number of rotatable bonds is 2. The molecule has 1 aromatic heterocycles. The average Bonchev–Trinajstić information content (AvgIpc) is 2.62. The molecule has 102 valence electrons. The van der Waals surface area contributed by atoms with Gasteiger partial charge in [-0.15, -0.1) is 11.3 Å².